The largest absolute Gasteiger partial charge is 0.268 e. The van der Waals surface area contributed by atoms with Crippen molar-refractivity contribution in [3.05, 3.63) is 59.7 Å². The second kappa shape index (κ2) is 6.77. The van der Waals surface area contributed by atoms with Gasteiger partial charge in [-0.3, -0.25) is 4.79 Å². The number of carbonyl (C=O) groups is 1. The molecule has 2 aromatic carbocycles. The molecule has 1 aliphatic rings. The zero-order valence-electron chi connectivity index (χ0n) is 13.7. The minimum absolute atomic E-state index is 0.391. The smallest absolute Gasteiger partial charge is 0.264 e. The van der Waals surface area contributed by atoms with Crippen molar-refractivity contribution in [1.29, 1.82) is 0 Å². The molecular formula is C19H21NO3S. The van der Waals surface area contributed by atoms with Crippen molar-refractivity contribution in [1.82, 2.24) is 4.72 Å². The van der Waals surface area contributed by atoms with E-state index in [2.05, 4.69) is 12.1 Å². The number of amides is 1. The Kier molecular flexibility index (Phi) is 4.71. The van der Waals surface area contributed by atoms with Gasteiger partial charge < -0.3 is 0 Å². The second-order valence-electron chi connectivity index (χ2n) is 6.35. The summed E-state index contributed by atoms with van der Waals surface area (Å²) in [6.07, 6.45) is 5.59. The Bertz CT molecular complexity index is 838. The average molecular weight is 343 g/mol. The molecule has 0 unspecified atom stereocenters. The molecule has 0 aromatic heterocycles. The molecule has 4 nitrogen and oxygen atoms in total. The quantitative estimate of drug-likeness (QED) is 0.920. The van der Waals surface area contributed by atoms with Gasteiger partial charge in [-0.15, -0.1) is 0 Å². The Labute approximate surface area is 143 Å². The molecule has 0 radical (unpaired) electrons. The molecule has 1 N–H and O–H groups in total. The summed E-state index contributed by atoms with van der Waals surface area (Å²) < 4.78 is 24.7. The van der Waals surface area contributed by atoms with Gasteiger partial charge in [-0.2, -0.15) is 0 Å². The molecule has 0 spiro atoms. The van der Waals surface area contributed by atoms with Crippen LogP contribution < -0.4 is 4.72 Å². The van der Waals surface area contributed by atoms with E-state index >= 15 is 0 Å². The van der Waals surface area contributed by atoms with Crippen molar-refractivity contribution in [2.75, 3.05) is 6.26 Å². The minimum atomic E-state index is -3.57. The van der Waals surface area contributed by atoms with Gasteiger partial charge in [-0.05, 0) is 47.6 Å². The fourth-order valence-corrected chi connectivity index (χ4v) is 3.84. The molecule has 1 saturated carbocycles. The molecule has 0 aliphatic heterocycles. The Morgan fingerprint density at radius 1 is 1.04 bits per heavy atom. The first kappa shape index (κ1) is 16.7. The van der Waals surface area contributed by atoms with Crippen molar-refractivity contribution >= 4 is 15.9 Å². The molecule has 0 atom stereocenters. The highest BCUT2D eigenvalue weighted by molar-refractivity contribution is 7.89. The van der Waals surface area contributed by atoms with Gasteiger partial charge in [-0.25, -0.2) is 13.1 Å². The summed E-state index contributed by atoms with van der Waals surface area (Å²) >= 11 is 0. The van der Waals surface area contributed by atoms with Crippen molar-refractivity contribution in [3.8, 4) is 11.1 Å². The van der Waals surface area contributed by atoms with Gasteiger partial charge in [0.25, 0.3) is 5.91 Å². The van der Waals surface area contributed by atoms with Crippen molar-refractivity contribution < 1.29 is 13.2 Å². The van der Waals surface area contributed by atoms with Crippen LogP contribution in [0.4, 0.5) is 0 Å². The zero-order chi connectivity index (χ0) is 17.2. The zero-order valence-corrected chi connectivity index (χ0v) is 14.5. The lowest BCUT2D eigenvalue weighted by atomic mass is 9.88. The molecule has 24 heavy (non-hydrogen) atoms. The van der Waals surface area contributed by atoms with Crippen LogP contribution in [0.5, 0.6) is 0 Å². The summed E-state index contributed by atoms with van der Waals surface area (Å²) in [5.41, 5.74) is 3.77. The fraction of sp³-hybridized carbons (Fsp3) is 0.316. The van der Waals surface area contributed by atoms with Crippen LogP contribution in [0, 0.1) is 0 Å². The highest BCUT2D eigenvalue weighted by Gasteiger charge is 2.22. The Hall–Kier alpha value is -2.14. The van der Waals surface area contributed by atoms with Gasteiger partial charge in [-0.1, -0.05) is 49.2 Å². The number of nitrogens with one attached hydrogen (secondary N) is 1. The molecule has 0 saturated heterocycles. The number of hydrogen-bond donors (Lipinski definition) is 1. The summed E-state index contributed by atoms with van der Waals surface area (Å²) in [5, 5.41) is 0. The summed E-state index contributed by atoms with van der Waals surface area (Å²) in [4.78, 5) is 12.2. The SMILES string of the molecule is CS(=O)(=O)NC(=O)c1ccc(-c2ccccc2)c(C2CCCC2)c1. The number of benzene rings is 2. The fourth-order valence-electron chi connectivity index (χ4n) is 3.39. The topological polar surface area (TPSA) is 63.2 Å². The summed E-state index contributed by atoms with van der Waals surface area (Å²) in [6.45, 7) is 0. The molecule has 2 aromatic rings. The standard InChI is InChI=1S/C19H21NO3S/c1-24(22,23)20-19(21)16-11-12-17(14-7-3-2-4-8-14)18(13-16)15-9-5-6-10-15/h2-4,7-8,11-13,15H,5-6,9-10H2,1H3,(H,20,21). The van der Waals surface area contributed by atoms with Gasteiger partial charge in [0, 0.05) is 5.56 Å². The molecule has 126 valence electrons. The van der Waals surface area contributed by atoms with Crippen LogP contribution in [0.15, 0.2) is 48.5 Å². The minimum Gasteiger partial charge on any atom is -0.268 e. The van der Waals surface area contributed by atoms with Gasteiger partial charge in [0.1, 0.15) is 0 Å². The van der Waals surface area contributed by atoms with Crippen LogP contribution >= 0.6 is 0 Å². The molecule has 1 aliphatic carbocycles. The van der Waals surface area contributed by atoms with Crippen LogP contribution in [0.3, 0.4) is 0 Å². The van der Waals surface area contributed by atoms with Crippen LogP contribution in [0.2, 0.25) is 0 Å². The van der Waals surface area contributed by atoms with E-state index in [-0.39, 0.29) is 0 Å². The molecule has 1 fully saturated rings. The normalized spacial score (nSPS) is 15.4. The van der Waals surface area contributed by atoms with Crippen molar-refractivity contribution in [2.45, 2.75) is 31.6 Å². The number of sulfonamides is 1. The summed E-state index contributed by atoms with van der Waals surface area (Å²) in [5.74, 6) is -0.150. The van der Waals surface area contributed by atoms with Gasteiger partial charge in [0.2, 0.25) is 10.0 Å². The average Bonchev–Trinajstić information content (AvgIpc) is 3.08. The molecule has 3 rings (SSSR count). The van der Waals surface area contributed by atoms with E-state index in [9.17, 15) is 13.2 Å². The lowest BCUT2D eigenvalue weighted by Gasteiger charge is -2.17. The number of rotatable bonds is 4. The highest BCUT2D eigenvalue weighted by atomic mass is 32.2. The third-order valence-corrected chi connectivity index (χ3v) is 5.03. The number of hydrogen-bond acceptors (Lipinski definition) is 3. The Morgan fingerprint density at radius 2 is 1.71 bits per heavy atom. The first-order valence-corrected chi connectivity index (χ1v) is 10.0. The monoisotopic (exact) mass is 343 g/mol. The lowest BCUT2D eigenvalue weighted by Crippen LogP contribution is -2.29. The second-order valence-corrected chi connectivity index (χ2v) is 8.10. The van der Waals surface area contributed by atoms with Crippen molar-refractivity contribution in [2.24, 2.45) is 0 Å². The van der Waals surface area contributed by atoms with E-state index in [0.29, 0.717) is 11.5 Å². The molecule has 5 heteroatoms. The molecule has 0 heterocycles. The maximum Gasteiger partial charge on any atom is 0.264 e. The maximum atomic E-state index is 12.2. The Balaban J connectivity index is 2.03. The van der Waals surface area contributed by atoms with E-state index in [1.54, 1.807) is 6.07 Å². The van der Waals surface area contributed by atoms with Gasteiger partial charge >= 0.3 is 0 Å². The summed E-state index contributed by atoms with van der Waals surface area (Å²) in [7, 11) is -3.57. The van der Waals surface area contributed by atoms with E-state index in [4.69, 9.17) is 0 Å². The highest BCUT2D eigenvalue weighted by Crippen LogP contribution is 2.39. The molecule has 0 bridgehead atoms. The summed E-state index contributed by atoms with van der Waals surface area (Å²) in [6, 6.07) is 15.6. The molecule has 1 amide bonds. The van der Waals surface area contributed by atoms with Gasteiger partial charge in [0.05, 0.1) is 6.26 Å². The third-order valence-electron chi connectivity index (χ3n) is 4.47. The predicted molar refractivity (Wildman–Crippen MR) is 95.4 cm³/mol. The first-order valence-electron chi connectivity index (χ1n) is 8.15. The van der Waals surface area contributed by atoms with Crippen molar-refractivity contribution in [3.63, 3.8) is 0 Å². The Morgan fingerprint density at radius 3 is 2.33 bits per heavy atom. The van der Waals surface area contributed by atoms with Crippen LogP contribution in [-0.4, -0.2) is 20.6 Å². The van der Waals surface area contributed by atoms with Crippen LogP contribution in [-0.2, 0) is 10.0 Å². The molecular weight excluding hydrogens is 322 g/mol. The third kappa shape index (κ3) is 3.85. The van der Waals surface area contributed by atoms with E-state index in [1.165, 1.54) is 12.8 Å². The van der Waals surface area contributed by atoms with E-state index < -0.39 is 15.9 Å². The lowest BCUT2D eigenvalue weighted by molar-refractivity contribution is 0.0981. The first-order chi connectivity index (χ1) is 11.4. The number of carbonyl (C=O) groups excluding carboxylic acids is 1. The van der Waals surface area contributed by atoms with Crippen LogP contribution in [0.25, 0.3) is 11.1 Å². The maximum absolute atomic E-state index is 12.2. The predicted octanol–water partition coefficient (Wildman–Crippen LogP) is 3.70. The van der Waals surface area contributed by atoms with E-state index in [1.807, 2.05) is 35.1 Å². The van der Waals surface area contributed by atoms with Gasteiger partial charge in [0.15, 0.2) is 0 Å². The van der Waals surface area contributed by atoms with E-state index in [0.717, 1.165) is 35.8 Å². The van der Waals surface area contributed by atoms with Crippen LogP contribution in [0.1, 0.15) is 47.5 Å².